The summed E-state index contributed by atoms with van der Waals surface area (Å²) in [5.74, 6) is -3.18. The van der Waals surface area contributed by atoms with Crippen molar-refractivity contribution < 1.29 is 37.3 Å². The highest BCUT2D eigenvalue weighted by Crippen LogP contribution is 2.30. The molecule has 0 radical (unpaired) electrons. The zero-order chi connectivity index (χ0) is 17.8. The molecule has 0 amide bonds. The van der Waals surface area contributed by atoms with Crippen LogP contribution < -0.4 is 0 Å². The Hall–Kier alpha value is -1.74. The number of rotatable bonds is 1. The molecule has 2 N–H and O–H groups in total. The number of halogens is 4. The number of allylic oxidation sites excluding steroid dienone is 1. The second-order valence-electron chi connectivity index (χ2n) is 4.56. The minimum atomic E-state index is -3.81. The van der Waals surface area contributed by atoms with E-state index < -0.39 is 28.6 Å². The van der Waals surface area contributed by atoms with Crippen molar-refractivity contribution in [1.82, 2.24) is 0 Å². The van der Waals surface area contributed by atoms with Crippen molar-refractivity contribution in [1.29, 1.82) is 0 Å². The van der Waals surface area contributed by atoms with Crippen molar-refractivity contribution in [2.24, 2.45) is 0 Å². The van der Waals surface area contributed by atoms with Gasteiger partial charge in [-0.05, 0) is 37.0 Å². The average Bonchev–Trinajstić information content (AvgIpc) is 2.59. The summed E-state index contributed by atoms with van der Waals surface area (Å²) < 4.78 is 53.1. The van der Waals surface area contributed by atoms with Gasteiger partial charge in [0.15, 0.2) is 0 Å². The van der Waals surface area contributed by atoms with E-state index in [1.54, 1.807) is 0 Å². The topological polar surface area (TPSA) is 66.8 Å². The van der Waals surface area contributed by atoms with E-state index in [0.29, 0.717) is 19.3 Å². The summed E-state index contributed by atoms with van der Waals surface area (Å²) >= 11 is 2.34. The summed E-state index contributed by atoms with van der Waals surface area (Å²) in [6.07, 6.45) is 3.06. The number of hydrogen-bond acceptors (Lipinski definition) is 5. The maximum absolute atomic E-state index is 14.1. The highest BCUT2D eigenvalue weighted by Gasteiger charge is 2.26. The van der Waals surface area contributed by atoms with E-state index in [-0.39, 0.29) is 16.9 Å². The molecule has 0 saturated heterocycles. The molecule has 2 rings (SSSR count). The number of thiol groups is 1. The van der Waals surface area contributed by atoms with Crippen LogP contribution in [0.25, 0.3) is 5.76 Å². The molecule has 1 aromatic rings. The molecule has 0 bridgehead atoms. The van der Waals surface area contributed by atoms with Crippen LogP contribution >= 0.6 is 12.6 Å². The lowest BCUT2D eigenvalue weighted by Crippen LogP contribution is -2.12. The van der Waals surface area contributed by atoms with Crippen molar-refractivity contribution in [2.45, 2.75) is 24.7 Å². The molecule has 0 heterocycles. The van der Waals surface area contributed by atoms with Crippen molar-refractivity contribution in [3.8, 4) is 0 Å². The van der Waals surface area contributed by atoms with Gasteiger partial charge in [0.2, 0.25) is 0 Å². The maximum Gasteiger partial charge on any atom is 0.402 e. The van der Waals surface area contributed by atoms with E-state index in [4.69, 9.17) is 5.11 Å². The van der Waals surface area contributed by atoms with Crippen molar-refractivity contribution >= 4 is 24.4 Å². The van der Waals surface area contributed by atoms with E-state index in [1.807, 2.05) is 0 Å². The Kier molecular flexibility index (Phi) is 6.46. The summed E-state index contributed by atoms with van der Waals surface area (Å²) in [7, 11) is 1.06. The van der Waals surface area contributed by atoms with Gasteiger partial charge in [-0.25, -0.2) is 13.6 Å². The van der Waals surface area contributed by atoms with Crippen molar-refractivity contribution in [2.75, 3.05) is 7.11 Å². The van der Waals surface area contributed by atoms with E-state index in [2.05, 4.69) is 17.4 Å². The van der Waals surface area contributed by atoms with Gasteiger partial charge in [0.1, 0.15) is 23.0 Å². The Morgan fingerprint density at radius 2 is 1.96 bits per heavy atom. The zero-order valence-electron chi connectivity index (χ0n) is 11.9. The minimum absolute atomic E-state index is 0.107. The first-order chi connectivity index (χ1) is 10.6. The van der Waals surface area contributed by atoms with Gasteiger partial charge in [0.05, 0.1) is 7.11 Å². The number of aliphatic hydroxyl groups is 2. The van der Waals surface area contributed by atoms with Crippen LogP contribution in [0.5, 0.6) is 0 Å². The molecule has 4 nitrogen and oxygen atoms in total. The molecule has 0 aliphatic heterocycles. The third-order valence-corrected chi connectivity index (χ3v) is 2.95. The molecular formula is C14H14F4O4S. The van der Waals surface area contributed by atoms with Crippen molar-refractivity contribution in [3.63, 3.8) is 0 Å². The number of carbonyl (C=O) groups excluding carboxylic acids is 1. The largest absolute Gasteiger partial charge is 0.508 e. The van der Waals surface area contributed by atoms with Gasteiger partial charge in [0, 0.05) is 5.56 Å². The number of aliphatic hydroxyl groups excluding tert-OH is 1. The molecule has 0 aromatic heterocycles. The first kappa shape index (κ1) is 19.3. The smallest absolute Gasteiger partial charge is 0.402 e. The van der Waals surface area contributed by atoms with Gasteiger partial charge in [-0.3, -0.25) is 0 Å². The van der Waals surface area contributed by atoms with Crippen LogP contribution in [0.3, 0.4) is 0 Å². The summed E-state index contributed by atoms with van der Waals surface area (Å²) in [5, 5.41) is 16.7. The van der Waals surface area contributed by atoms with Crippen LogP contribution in [-0.2, 0) is 11.2 Å². The molecule has 9 heteroatoms. The molecule has 0 atom stereocenters. The standard InChI is InChI=1S/C13H12F2O3.CH2F2OS/c1-18-13(17)11-9(14)6-8-7(12(11)15)4-2-3-5-10(8)16;2-1(3,4)5/h5-6,16H,2-4H2,1H3;4-5H. The molecule has 0 saturated carbocycles. The monoisotopic (exact) mass is 354 g/mol. The summed E-state index contributed by atoms with van der Waals surface area (Å²) in [6, 6.07) is 0.974. The lowest BCUT2D eigenvalue weighted by Gasteiger charge is -2.11. The number of methoxy groups -OCH3 is 1. The number of alkyl halides is 2. The van der Waals surface area contributed by atoms with Crippen molar-refractivity contribution in [3.05, 3.63) is 40.5 Å². The number of fused-ring (bicyclic) bond motifs is 1. The summed E-state index contributed by atoms with van der Waals surface area (Å²) in [6.45, 7) is 0. The number of hydrogen-bond donors (Lipinski definition) is 3. The second-order valence-corrected chi connectivity index (χ2v) is 5.09. The third-order valence-electron chi connectivity index (χ3n) is 2.95. The normalized spacial score (nSPS) is 14.0. The Morgan fingerprint density at radius 3 is 2.48 bits per heavy atom. The van der Waals surface area contributed by atoms with E-state index in [1.165, 1.54) is 6.08 Å². The first-order valence-electron chi connectivity index (χ1n) is 6.37. The number of esters is 1. The number of benzene rings is 1. The third kappa shape index (κ3) is 5.43. The Bertz CT molecular complexity index is 620. The Labute approximate surface area is 134 Å². The fraction of sp³-hybridized carbons (Fsp3) is 0.357. The second kappa shape index (κ2) is 7.69. The molecule has 0 fully saturated rings. The molecule has 23 heavy (non-hydrogen) atoms. The Morgan fingerprint density at radius 1 is 1.39 bits per heavy atom. The quantitative estimate of drug-likeness (QED) is 0.313. The molecule has 1 aliphatic carbocycles. The first-order valence-corrected chi connectivity index (χ1v) is 6.82. The average molecular weight is 354 g/mol. The molecular weight excluding hydrogens is 340 g/mol. The zero-order valence-corrected chi connectivity index (χ0v) is 12.8. The van der Waals surface area contributed by atoms with E-state index in [0.717, 1.165) is 13.2 Å². The van der Waals surface area contributed by atoms with Crippen LogP contribution in [0.4, 0.5) is 17.6 Å². The highest BCUT2D eigenvalue weighted by molar-refractivity contribution is 7.81. The SMILES string of the molecule is COC(=O)c1c(F)cc2c(c1F)CCCC=C2O.OC(F)(F)S. The van der Waals surface area contributed by atoms with E-state index in [9.17, 15) is 27.5 Å². The maximum atomic E-state index is 14.1. The summed E-state index contributed by atoms with van der Waals surface area (Å²) in [4.78, 5) is 11.3. The van der Waals surface area contributed by atoms with Gasteiger partial charge in [-0.2, -0.15) is 8.78 Å². The van der Waals surface area contributed by atoms with E-state index >= 15 is 0 Å². The summed E-state index contributed by atoms with van der Waals surface area (Å²) in [5.41, 5.74) is -4.25. The molecule has 1 aliphatic rings. The van der Waals surface area contributed by atoms with Crippen LogP contribution in [0.2, 0.25) is 0 Å². The van der Waals surface area contributed by atoms with Gasteiger partial charge in [-0.1, -0.05) is 12.6 Å². The van der Waals surface area contributed by atoms with Gasteiger partial charge >= 0.3 is 11.4 Å². The lowest BCUT2D eigenvalue weighted by atomic mass is 9.98. The molecule has 128 valence electrons. The number of ether oxygens (including phenoxy) is 1. The van der Waals surface area contributed by atoms with Gasteiger partial charge in [-0.15, -0.1) is 0 Å². The van der Waals surface area contributed by atoms with Crippen LogP contribution in [0.15, 0.2) is 12.1 Å². The minimum Gasteiger partial charge on any atom is -0.508 e. The van der Waals surface area contributed by atoms with Gasteiger partial charge < -0.3 is 14.9 Å². The van der Waals surface area contributed by atoms with Crippen LogP contribution in [0.1, 0.15) is 34.3 Å². The van der Waals surface area contributed by atoms with Gasteiger partial charge in [0.25, 0.3) is 0 Å². The fourth-order valence-electron chi connectivity index (χ4n) is 2.05. The molecule has 0 unspecified atom stereocenters. The molecule has 0 spiro atoms. The highest BCUT2D eigenvalue weighted by atomic mass is 32.1. The lowest BCUT2D eigenvalue weighted by molar-refractivity contribution is -0.109. The Balaban J connectivity index is 0.000000463. The fourth-order valence-corrected chi connectivity index (χ4v) is 2.05. The molecule has 1 aromatic carbocycles. The predicted octanol–water partition coefficient (Wildman–Crippen LogP) is 3.45. The van der Waals surface area contributed by atoms with Crippen LogP contribution in [-0.4, -0.2) is 28.7 Å². The van der Waals surface area contributed by atoms with Crippen LogP contribution in [0, 0.1) is 11.6 Å². The predicted molar refractivity (Wildman–Crippen MR) is 77.4 cm³/mol. The number of carbonyl (C=O) groups is 1.